The van der Waals surface area contributed by atoms with Crippen molar-refractivity contribution < 1.29 is 4.74 Å². The van der Waals surface area contributed by atoms with Crippen LogP contribution >= 0.6 is 0 Å². The Kier molecular flexibility index (Phi) is 4.47. The third-order valence-corrected chi connectivity index (χ3v) is 2.76. The molecule has 2 rings (SSSR count). The van der Waals surface area contributed by atoms with Gasteiger partial charge in [0.25, 0.3) is 0 Å². The molecule has 1 aromatic heterocycles. The van der Waals surface area contributed by atoms with E-state index in [2.05, 4.69) is 35.2 Å². The van der Waals surface area contributed by atoms with Crippen molar-refractivity contribution in [3.63, 3.8) is 0 Å². The molecule has 0 aliphatic carbocycles. The highest BCUT2D eigenvalue weighted by molar-refractivity contribution is 5.32. The molecular weight excluding hydrogens is 238 g/mol. The number of nitrogens with one attached hydrogen (secondary N) is 1. The van der Waals surface area contributed by atoms with Gasteiger partial charge in [-0.2, -0.15) is 0 Å². The third-order valence-electron chi connectivity index (χ3n) is 2.76. The van der Waals surface area contributed by atoms with Crippen LogP contribution in [0, 0.1) is 0 Å². The lowest BCUT2D eigenvalue weighted by molar-refractivity contribution is 0.458. The van der Waals surface area contributed by atoms with E-state index < -0.39 is 0 Å². The molecule has 0 fully saturated rings. The lowest BCUT2D eigenvalue weighted by Gasteiger charge is -2.09. The summed E-state index contributed by atoms with van der Waals surface area (Å²) in [6.45, 7) is 5.01. The van der Waals surface area contributed by atoms with Crippen LogP contribution in [0.15, 0.2) is 36.7 Å². The minimum atomic E-state index is 0.362. The molecule has 100 valence electrons. The maximum atomic E-state index is 5.78. The predicted octanol–water partition coefficient (Wildman–Crippen LogP) is 3.11. The van der Waals surface area contributed by atoms with E-state index in [-0.39, 0.29) is 0 Å². The summed E-state index contributed by atoms with van der Waals surface area (Å²) in [5.41, 5.74) is 2.16. The minimum absolute atomic E-state index is 0.362. The van der Waals surface area contributed by atoms with E-state index in [4.69, 9.17) is 4.74 Å². The summed E-state index contributed by atoms with van der Waals surface area (Å²) in [5, 5.41) is 3.12. The summed E-state index contributed by atoms with van der Waals surface area (Å²) in [4.78, 5) is 8.37. The second-order valence-corrected chi connectivity index (χ2v) is 4.72. The number of hydrogen-bond donors (Lipinski definition) is 1. The molecular formula is C15H19N3O. The molecule has 0 atom stereocenters. The molecule has 2 aromatic rings. The van der Waals surface area contributed by atoms with E-state index in [0.29, 0.717) is 11.8 Å². The zero-order chi connectivity index (χ0) is 13.7. The first-order valence-corrected chi connectivity index (χ1v) is 6.42. The van der Waals surface area contributed by atoms with Crippen molar-refractivity contribution in [2.24, 2.45) is 0 Å². The van der Waals surface area contributed by atoms with Crippen LogP contribution in [-0.2, 0) is 6.54 Å². The molecule has 1 heterocycles. The monoisotopic (exact) mass is 257 g/mol. The molecule has 19 heavy (non-hydrogen) atoms. The number of benzene rings is 1. The van der Waals surface area contributed by atoms with Gasteiger partial charge in [-0.25, -0.2) is 9.97 Å². The summed E-state index contributed by atoms with van der Waals surface area (Å²) in [6, 6.07) is 9.86. The van der Waals surface area contributed by atoms with Gasteiger partial charge in [-0.1, -0.05) is 26.0 Å². The number of ether oxygens (including phenoxy) is 1. The maximum absolute atomic E-state index is 5.78. The zero-order valence-corrected chi connectivity index (χ0v) is 11.6. The van der Waals surface area contributed by atoms with Crippen molar-refractivity contribution in [3.05, 3.63) is 47.9 Å². The Morgan fingerprint density at radius 1 is 1.21 bits per heavy atom. The normalized spacial score (nSPS) is 10.7. The van der Waals surface area contributed by atoms with Gasteiger partial charge in [-0.3, -0.25) is 0 Å². The molecule has 0 aliphatic heterocycles. The van der Waals surface area contributed by atoms with E-state index in [1.54, 1.807) is 6.33 Å². The van der Waals surface area contributed by atoms with Crippen LogP contribution in [0.2, 0.25) is 0 Å². The highest BCUT2D eigenvalue weighted by Crippen LogP contribution is 2.22. The molecule has 1 aromatic carbocycles. The Hall–Kier alpha value is -1.94. The summed E-state index contributed by atoms with van der Waals surface area (Å²) in [7, 11) is 1.92. The Balaban J connectivity index is 2.16. The first-order chi connectivity index (χ1) is 9.19. The van der Waals surface area contributed by atoms with Crippen molar-refractivity contribution in [1.82, 2.24) is 15.3 Å². The van der Waals surface area contributed by atoms with Crippen molar-refractivity contribution in [2.75, 3.05) is 7.05 Å². The number of hydrogen-bond acceptors (Lipinski definition) is 4. The van der Waals surface area contributed by atoms with Crippen molar-refractivity contribution in [2.45, 2.75) is 26.3 Å². The van der Waals surface area contributed by atoms with Gasteiger partial charge in [-0.05, 0) is 30.7 Å². The topological polar surface area (TPSA) is 47.0 Å². The van der Waals surface area contributed by atoms with Crippen molar-refractivity contribution in [1.29, 1.82) is 0 Å². The smallest absolute Gasteiger partial charge is 0.222 e. The Morgan fingerprint density at radius 3 is 2.79 bits per heavy atom. The molecule has 4 heteroatoms. The largest absolute Gasteiger partial charge is 0.439 e. The van der Waals surface area contributed by atoms with Crippen LogP contribution in [0.1, 0.15) is 31.0 Å². The second-order valence-electron chi connectivity index (χ2n) is 4.72. The van der Waals surface area contributed by atoms with Crippen LogP contribution in [0.4, 0.5) is 0 Å². The van der Waals surface area contributed by atoms with E-state index >= 15 is 0 Å². The summed E-state index contributed by atoms with van der Waals surface area (Å²) >= 11 is 0. The van der Waals surface area contributed by atoms with Gasteiger partial charge in [0.05, 0.1) is 5.69 Å². The minimum Gasteiger partial charge on any atom is -0.439 e. The standard InChI is InChI=1S/C15H19N3O/c1-11(2)14-8-15(18-10-17-14)19-13-6-4-5-12(7-13)9-16-3/h4-8,10-11,16H,9H2,1-3H3. The Morgan fingerprint density at radius 2 is 2.05 bits per heavy atom. The summed E-state index contributed by atoms with van der Waals surface area (Å²) < 4.78 is 5.78. The van der Waals surface area contributed by atoms with Crippen LogP contribution < -0.4 is 10.1 Å². The van der Waals surface area contributed by atoms with E-state index in [0.717, 1.165) is 18.0 Å². The predicted molar refractivity (Wildman–Crippen MR) is 75.4 cm³/mol. The number of rotatable bonds is 5. The molecule has 0 saturated carbocycles. The van der Waals surface area contributed by atoms with Gasteiger partial charge in [0, 0.05) is 12.6 Å². The molecule has 0 spiro atoms. The van der Waals surface area contributed by atoms with Gasteiger partial charge in [0.1, 0.15) is 12.1 Å². The van der Waals surface area contributed by atoms with Crippen LogP contribution in [0.3, 0.4) is 0 Å². The second kappa shape index (κ2) is 6.29. The first kappa shape index (κ1) is 13.5. The van der Waals surface area contributed by atoms with Gasteiger partial charge in [0.15, 0.2) is 0 Å². The molecule has 4 nitrogen and oxygen atoms in total. The number of aromatic nitrogens is 2. The molecule has 0 saturated heterocycles. The van der Waals surface area contributed by atoms with E-state index in [1.807, 2.05) is 31.3 Å². The van der Waals surface area contributed by atoms with Gasteiger partial charge in [0.2, 0.25) is 5.88 Å². The fraction of sp³-hybridized carbons (Fsp3) is 0.333. The summed E-state index contributed by atoms with van der Waals surface area (Å²) in [6.07, 6.45) is 1.54. The van der Waals surface area contributed by atoms with E-state index in [1.165, 1.54) is 5.56 Å². The van der Waals surface area contributed by atoms with E-state index in [9.17, 15) is 0 Å². The maximum Gasteiger partial charge on any atom is 0.222 e. The molecule has 0 aliphatic rings. The van der Waals surface area contributed by atoms with Crippen LogP contribution in [-0.4, -0.2) is 17.0 Å². The molecule has 0 unspecified atom stereocenters. The Bertz CT molecular complexity index is 540. The first-order valence-electron chi connectivity index (χ1n) is 6.42. The van der Waals surface area contributed by atoms with Gasteiger partial charge in [-0.15, -0.1) is 0 Å². The fourth-order valence-corrected chi connectivity index (χ4v) is 1.77. The average molecular weight is 257 g/mol. The molecule has 0 amide bonds. The number of nitrogens with zero attached hydrogens (tertiary/aromatic N) is 2. The Labute approximate surface area is 113 Å². The highest BCUT2D eigenvalue weighted by Gasteiger charge is 2.05. The van der Waals surface area contributed by atoms with Gasteiger partial charge < -0.3 is 10.1 Å². The third kappa shape index (κ3) is 3.76. The lowest BCUT2D eigenvalue weighted by atomic mass is 10.1. The van der Waals surface area contributed by atoms with Crippen molar-refractivity contribution in [3.8, 4) is 11.6 Å². The zero-order valence-electron chi connectivity index (χ0n) is 11.6. The van der Waals surface area contributed by atoms with Gasteiger partial charge >= 0.3 is 0 Å². The summed E-state index contributed by atoms with van der Waals surface area (Å²) in [5.74, 6) is 1.74. The highest BCUT2D eigenvalue weighted by atomic mass is 16.5. The molecule has 0 radical (unpaired) electrons. The quantitative estimate of drug-likeness (QED) is 0.894. The molecule has 0 bridgehead atoms. The molecule has 1 N–H and O–H groups in total. The average Bonchev–Trinajstić information content (AvgIpc) is 2.40. The van der Waals surface area contributed by atoms with Crippen LogP contribution in [0.5, 0.6) is 11.6 Å². The van der Waals surface area contributed by atoms with Crippen LogP contribution in [0.25, 0.3) is 0 Å². The van der Waals surface area contributed by atoms with Crippen molar-refractivity contribution >= 4 is 0 Å². The SMILES string of the molecule is CNCc1cccc(Oc2cc(C(C)C)ncn2)c1. The lowest BCUT2D eigenvalue weighted by Crippen LogP contribution is -2.04. The fourth-order valence-electron chi connectivity index (χ4n) is 1.77.